The molecule has 0 saturated carbocycles. The molecule has 0 spiro atoms. The van der Waals surface area contributed by atoms with Gasteiger partial charge in [0.25, 0.3) is 0 Å². The normalized spacial score (nSPS) is 15.0. The van der Waals surface area contributed by atoms with Crippen LogP contribution in [-0.4, -0.2) is 46.0 Å². The minimum absolute atomic E-state index is 0.201. The monoisotopic (exact) mass is 472 g/mol. The van der Waals surface area contributed by atoms with Gasteiger partial charge in [-0.2, -0.15) is 0 Å². The molecule has 2 heterocycles. The molecule has 0 unspecified atom stereocenters. The maximum atomic E-state index is 13.3. The number of piperidine rings is 1. The largest absolute Gasteiger partial charge is 0.497 e. The predicted octanol–water partition coefficient (Wildman–Crippen LogP) is 4.50. The Morgan fingerprint density at radius 3 is 2.44 bits per heavy atom. The number of nitrogens with zero attached hydrogens (tertiary/aromatic N) is 2. The van der Waals surface area contributed by atoms with Crippen LogP contribution in [0.1, 0.15) is 29.7 Å². The molecule has 170 valence electrons. The molecule has 6 nitrogen and oxygen atoms in total. The highest BCUT2D eigenvalue weighted by Crippen LogP contribution is 2.35. The second kappa shape index (κ2) is 9.50. The van der Waals surface area contributed by atoms with Crippen molar-refractivity contribution in [1.82, 2.24) is 4.98 Å². The number of thiazole rings is 1. The Hall–Kier alpha value is -2.58. The van der Waals surface area contributed by atoms with Gasteiger partial charge in [0.2, 0.25) is 0 Å². The summed E-state index contributed by atoms with van der Waals surface area (Å²) in [6.07, 6.45) is 1.91. The molecule has 0 radical (unpaired) electrons. The zero-order valence-electron chi connectivity index (χ0n) is 18.6. The number of aryl methyl sites for hydroxylation is 1. The maximum absolute atomic E-state index is 13.3. The number of sulfone groups is 1. The number of anilines is 1. The fourth-order valence-corrected chi connectivity index (χ4v) is 6.76. The SMILES string of the molecule is COc1ccc(OC)c(S(=O)(=O)C2CCN(c3nc(Cc4ccc(C)cc4)cs3)CC2)c1. The van der Waals surface area contributed by atoms with Crippen LogP contribution in [0.3, 0.4) is 0 Å². The van der Waals surface area contributed by atoms with E-state index in [9.17, 15) is 8.42 Å². The summed E-state index contributed by atoms with van der Waals surface area (Å²) in [5, 5.41) is 2.60. The predicted molar refractivity (Wildman–Crippen MR) is 128 cm³/mol. The fourth-order valence-electron chi connectivity index (χ4n) is 3.98. The molecule has 0 atom stereocenters. The number of hydrogen-bond donors (Lipinski definition) is 0. The Balaban J connectivity index is 1.43. The molecule has 4 rings (SSSR count). The molecule has 8 heteroatoms. The van der Waals surface area contributed by atoms with E-state index in [1.807, 2.05) is 0 Å². The molecule has 2 aromatic carbocycles. The molecule has 1 aliphatic rings. The molecule has 1 aliphatic heterocycles. The van der Waals surface area contributed by atoms with Gasteiger partial charge in [0.15, 0.2) is 15.0 Å². The van der Waals surface area contributed by atoms with E-state index < -0.39 is 15.1 Å². The average molecular weight is 473 g/mol. The molecule has 0 bridgehead atoms. The first-order chi connectivity index (χ1) is 15.4. The smallest absolute Gasteiger partial charge is 0.185 e. The molecule has 32 heavy (non-hydrogen) atoms. The Kier molecular flexibility index (Phi) is 6.71. The summed E-state index contributed by atoms with van der Waals surface area (Å²) in [5.41, 5.74) is 3.53. The van der Waals surface area contributed by atoms with Crippen LogP contribution in [0.25, 0.3) is 0 Å². The fraction of sp³-hybridized carbons (Fsp3) is 0.375. The van der Waals surface area contributed by atoms with Gasteiger partial charge in [-0.25, -0.2) is 13.4 Å². The third-order valence-electron chi connectivity index (χ3n) is 5.87. The summed E-state index contributed by atoms with van der Waals surface area (Å²) in [7, 11) is -0.519. The van der Waals surface area contributed by atoms with E-state index in [1.165, 1.54) is 25.3 Å². The molecule has 0 N–H and O–H groups in total. The summed E-state index contributed by atoms with van der Waals surface area (Å²) in [6, 6.07) is 13.4. The van der Waals surface area contributed by atoms with Crippen molar-refractivity contribution in [2.45, 2.75) is 36.3 Å². The van der Waals surface area contributed by atoms with Gasteiger partial charge in [0.05, 0.1) is 25.2 Å². The first-order valence-electron chi connectivity index (χ1n) is 10.6. The first kappa shape index (κ1) is 22.6. The van der Waals surface area contributed by atoms with Crippen LogP contribution in [0.5, 0.6) is 11.5 Å². The number of benzene rings is 2. The number of ether oxygens (including phenoxy) is 2. The second-order valence-corrected chi connectivity index (χ2v) is 11.1. The van der Waals surface area contributed by atoms with Crippen LogP contribution >= 0.6 is 11.3 Å². The van der Waals surface area contributed by atoms with E-state index >= 15 is 0 Å². The topological polar surface area (TPSA) is 68.7 Å². The highest BCUT2D eigenvalue weighted by atomic mass is 32.2. The van der Waals surface area contributed by atoms with E-state index in [-0.39, 0.29) is 4.90 Å². The molecular formula is C24H28N2O4S2. The van der Waals surface area contributed by atoms with Crippen LogP contribution in [0, 0.1) is 6.92 Å². The van der Waals surface area contributed by atoms with Crippen molar-refractivity contribution in [2.75, 3.05) is 32.2 Å². The van der Waals surface area contributed by atoms with Gasteiger partial charge in [-0.15, -0.1) is 11.3 Å². The zero-order valence-corrected chi connectivity index (χ0v) is 20.2. The van der Waals surface area contributed by atoms with E-state index in [0.29, 0.717) is 37.4 Å². The molecular weight excluding hydrogens is 444 g/mol. The Morgan fingerprint density at radius 2 is 1.78 bits per heavy atom. The number of rotatable bonds is 7. The van der Waals surface area contributed by atoms with E-state index in [1.54, 1.807) is 29.5 Å². The second-order valence-electron chi connectivity index (χ2n) is 8.03. The highest BCUT2D eigenvalue weighted by Gasteiger charge is 2.34. The van der Waals surface area contributed by atoms with Crippen molar-refractivity contribution in [1.29, 1.82) is 0 Å². The molecule has 1 saturated heterocycles. The Morgan fingerprint density at radius 1 is 1.06 bits per heavy atom. The van der Waals surface area contributed by atoms with Crippen molar-refractivity contribution in [2.24, 2.45) is 0 Å². The molecule has 0 amide bonds. The minimum atomic E-state index is -3.53. The third kappa shape index (κ3) is 4.76. The van der Waals surface area contributed by atoms with E-state index in [4.69, 9.17) is 14.5 Å². The summed E-state index contributed by atoms with van der Waals surface area (Å²) in [6.45, 7) is 3.40. The van der Waals surface area contributed by atoms with Gasteiger partial charge in [-0.05, 0) is 37.5 Å². The standard InChI is InChI=1S/C24H28N2O4S2/c1-17-4-6-18(7-5-17)14-19-16-31-24(25-19)26-12-10-21(11-13-26)32(27,28)23-15-20(29-2)8-9-22(23)30-3/h4-9,15-16,21H,10-14H2,1-3H3. The van der Waals surface area contributed by atoms with Crippen LogP contribution < -0.4 is 14.4 Å². The van der Waals surface area contributed by atoms with E-state index in [2.05, 4.69) is 41.5 Å². The summed E-state index contributed by atoms with van der Waals surface area (Å²) in [4.78, 5) is 7.20. The van der Waals surface area contributed by atoms with Gasteiger partial charge in [0, 0.05) is 31.0 Å². The van der Waals surface area contributed by atoms with Crippen molar-refractivity contribution in [3.05, 3.63) is 64.7 Å². The lowest BCUT2D eigenvalue weighted by Gasteiger charge is -2.31. The first-order valence-corrected chi connectivity index (χ1v) is 13.0. The molecule has 1 aromatic heterocycles. The highest BCUT2D eigenvalue weighted by molar-refractivity contribution is 7.92. The molecule has 3 aromatic rings. The van der Waals surface area contributed by atoms with Crippen LogP contribution in [0.15, 0.2) is 52.7 Å². The van der Waals surface area contributed by atoms with E-state index in [0.717, 1.165) is 17.2 Å². The zero-order chi connectivity index (χ0) is 22.7. The Bertz CT molecular complexity index is 1160. The maximum Gasteiger partial charge on any atom is 0.185 e. The van der Waals surface area contributed by atoms with Crippen LogP contribution in [0.2, 0.25) is 0 Å². The minimum Gasteiger partial charge on any atom is -0.497 e. The van der Waals surface area contributed by atoms with Crippen molar-refractivity contribution < 1.29 is 17.9 Å². The third-order valence-corrected chi connectivity index (χ3v) is 9.11. The Labute approximate surface area is 193 Å². The number of aromatic nitrogens is 1. The number of hydrogen-bond acceptors (Lipinski definition) is 7. The van der Waals surface area contributed by atoms with Crippen LogP contribution in [0.4, 0.5) is 5.13 Å². The van der Waals surface area contributed by atoms with Crippen molar-refractivity contribution in [3.8, 4) is 11.5 Å². The van der Waals surface area contributed by atoms with Gasteiger partial charge in [-0.1, -0.05) is 29.8 Å². The van der Waals surface area contributed by atoms with Gasteiger partial charge in [0.1, 0.15) is 16.4 Å². The lowest BCUT2D eigenvalue weighted by molar-refractivity contribution is 0.391. The van der Waals surface area contributed by atoms with Crippen molar-refractivity contribution in [3.63, 3.8) is 0 Å². The molecule has 0 aliphatic carbocycles. The lowest BCUT2D eigenvalue weighted by Crippen LogP contribution is -2.39. The summed E-state index contributed by atoms with van der Waals surface area (Å²) >= 11 is 1.62. The van der Waals surface area contributed by atoms with Gasteiger partial charge < -0.3 is 14.4 Å². The lowest BCUT2D eigenvalue weighted by atomic mass is 10.1. The summed E-state index contributed by atoms with van der Waals surface area (Å²) in [5.74, 6) is 0.861. The molecule has 1 fully saturated rings. The van der Waals surface area contributed by atoms with Crippen molar-refractivity contribution >= 4 is 26.3 Å². The number of methoxy groups -OCH3 is 2. The summed E-state index contributed by atoms with van der Waals surface area (Å²) < 4.78 is 37.2. The van der Waals surface area contributed by atoms with Gasteiger partial charge >= 0.3 is 0 Å². The van der Waals surface area contributed by atoms with Crippen LogP contribution in [-0.2, 0) is 16.3 Å². The quantitative estimate of drug-likeness (QED) is 0.504. The average Bonchev–Trinajstić information content (AvgIpc) is 3.28. The van der Waals surface area contributed by atoms with Gasteiger partial charge in [-0.3, -0.25) is 0 Å².